The molecule has 3 aromatic rings. The predicted molar refractivity (Wildman–Crippen MR) is 118 cm³/mol. The van der Waals surface area contributed by atoms with Gasteiger partial charge in [-0.05, 0) is 72.7 Å². The average Bonchev–Trinajstić information content (AvgIpc) is 3.31. The third-order valence-corrected chi connectivity index (χ3v) is 6.47. The monoisotopic (exact) mass is 417 g/mol. The molecule has 2 atom stereocenters. The summed E-state index contributed by atoms with van der Waals surface area (Å²) in [6.07, 6.45) is 5.36. The quantitative estimate of drug-likeness (QED) is 0.709. The molecule has 31 heavy (non-hydrogen) atoms. The molecule has 6 nitrogen and oxygen atoms in total. The predicted octanol–water partition coefficient (Wildman–Crippen LogP) is 2.92. The Balaban J connectivity index is 1.38. The third-order valence-electron chi connectivity index (χ3n) is 6.47. The van der Waals surface area contributed by atoms with Gasteiger partial charge in [-0.25, -0.2) is 4.68 Å². The lowest BCUT2D eigenvalue weighted by Gasteiger charge is -2.40. The van der Waals surface area contributed by atoms with E-state index in [-0.39, 0.29) is 11.9 Å². The number of ether oxygens (including phenoxy) is 1. The van der Waals surface area contributed by atoms with E-state index >= 15 is 0 Å². The Morgan fingerprint density at radius 1 is 1.23 bits per heavy atom. The number of hydrogen-bond donors (Lipinski definition) is 1. The lowest BCUT2D eigenvalue weighted by Crippen LogP contribution is -2.53. The van der Waals surface area contributed by atoms with E-state index < -0.39 is 6.10 Å². The second kappa shape index (κ2) is 8.29. The zero-order chi connectivity index (χ0) is 21.4. The Kier molecular flexibility index (Phi) is 5.34. The van der Waals surface area contributed by atoms with E-state index in [0.717, 1.165) is 35.2 Å². The summed E-state index contributed by atoms with van der Waals surface area (Å²) < 4.78 is 7.19. The van der Waals surface area contributed by atoms with Crippen LogP contribution in [0, 0.1) is 6.92 Å². The van der Waals surface area contributed by atoms with Crippen molar-refractivity contribution in [1.29, 1.82) is 0 Å². The SMILES string of the molecule is Cc1cc2c(cc1Cc1ccc(-n3cccn3)cc1)C(=O)N([C@H]1CCOC[C@@H]1O)CC2. The summed E-state index contributed by atoms with van der Waals surface area (Å²) in [6, 6.07) is 14.3. The molecule has 1 amide bonds. The summed E-state index contributed by atoms with van der Waals surface area (Å²) in [5, 5.41) is 14.6. The molecule has 3 heterocycles. The van der Waals surface area contributed by atoms with Crippen LogP contribution in [0.4, 0.5) is 0 Å². The molecule has 2 aliphatic rings. The molecule has 0 unspecified atom stereocenters. The van der Waals surface area contributed by atoms with Crippen LogP contribution in [0.2, 0.25) is 0 Å². The Morgan fingerprint density at radius 2 is 2.06 bits per heavy atom. The van der Waals surface area contributed by atoms with Crippen LogP contribution in [0.15, 0.2) is 54.9 Å². The Labute approximate surface area is 182 Å². The second-order valence-electron chi connectivity index (χ2n) is 8.48. The van der Waals surface area contributed by atoms with Crippen LogP contribution in [0.3, 0.4) is 0 Å². The van der Waals surface area contributed by atoms with Gasteiger partial charge in [0, 0.05) is 31.1 Å². The van der Waals surface area contributed by atoms with Crippen LogP contribution < -0.4 is 0 Å². The van der Waals surface area contributed by atoms with Gasteiger partial charge in [0.1, 0.15) is 0 Å². The molecule has 1 aromatic heterocycles. The van der Waals surface area contributed by atoms with Gasteiger partial charge < -0.3 is 14.7 Å². The number of aliphatic hydroxyl groups is 1. The number of carbonyl (C=O) groups excluding carboxylic acids is 1. The molecule has 0 spiro atoms. The number of aliphatic hydroxyl groups excluding tert-OH is 1. The lowest BCUT2D eigenvalue weighted by molar-refractivity contribution is -0.0577. The number of aryl methyl sites for hydroxylation is 1. The van der Waals surface area contributed by atoms with Gasteiger partial charge in [0.15, 0.2) is 0 Å². The summed E-state index contributed by atoms with van der Waals surface area (Å²) in [5.41, 5.74) is 6.48. The minimum absolute atomic E-state index is 0.0301. The van der Waals surface area contributed by atoms with E-state index in [4.69, 9.17) is 4.74 Å². The highest BCUT2D eigenvalue weighted by molar-refractivity contribution is 5.97. The van der Waals surface area contributed by atoms with Crippen LogP contribution in [-0.4, -0.2) is 57.6 Å². The molecule has 2 aliphatic heterocycles. The van der Waals surface area contributed by atoms with Crippen LogP contribution >= 0.6 is 0 Å². The molecule has 5 rings (SSSR count). The molecule has 0 saturated carbocycles. The number of fused-ring (bicyclic) bond motifs is 1. The zero-order valence-electron chi connectivity index (χ0n) is 17.7. The van der Waals surface area contributed by atoms with E-state index in [1.165, 1.54) is 11.1 Å². The van der Waals surface area contributed by atoms with Crippen molar-refractivity contribution < 1.29 is 14.6 Å². The number of nitrogens with zero attached hydrogens (tertiary/aromatic N) is 3. The molecular weight excluding hydrogens is 390 g/mol. The van der Waals surface area contributed by atoms with Crippen LogP contribution in [0.5, 0.6) is 0 Å². The Hall–Kier alpha value is -2.96. The maximum absolute atomic E-state index is 13.3. The Morgan fingerprint density at radius 3 is 2.81 bits per heavy atom. The fourth-order valence-corrected chi connectivity index (χ4v) is 4.71. The van der Waals surface area contributed by atoms with Crippen molar-refractivity contribution >= 4 is 5.91 Å². The van der Waals surface area contributed by atoms with Crippen molar-refractivity contribution in [3.05, 3.63) is 82.7 Å². The second-order valence-corrected chi connectivity index (χ2v) is 8.48. The molecule has 2 aromatic carbocycles. The minimum atomic E-state index is -0.613. The maximum atomic E-state index is 13.3. The van der Waals surface area contributed by atoms with Crippen molar-refractivity contribution in [3.8, 4) is 5.69 Å². The molecule has 1 N–H and O–H groups in total. The van der Waals surface area contributed by atoms with Gasteiger partial charge in [0.25, 0.3) is 5.91 Å². The summed E-state index contributed by atoms with van der Waals surface area (Å²) in [4.78, 5) is 15.2. The number of amides is 1. The lowest BCUT2D eigenvalue weighted by atomic mass is 9.89. The largest absolute Gasteiger partial charge is 0.389 e. The summed E-state index contributed by atoms with van der Waals surface area (Å²) in [6.45, 7) is 3.66. The molecule has 0 radical (unpaired) electrons. The molecular formula is C25H27N3O3. The third kappa shape index (κ3) is 3.89. The first-order valence-corrected chi connectivity index (χ1v) is 10.9. The van der Waals surface area contributed by atoms with Gasteiger partial charge in [-0.1, -0.05) is 18.2 Å². The first-order valence-electron chi connectivity index (χ1n) is 10.9. The zero-order valence-corrected chi connectivity index (χ0v) is 17.7. The maximum Gasteiger partial charge on any atom is 0.254 e. The first kappa shape index (κ1) is 20.0. The van der Waals surface area contributed by atoms with Gasteiger partial charge in [0.2, 0.25) is 0 Å². The number of rotatable bonds is 4. The fourth-order valence-electron chi connectivity index (χ4n) is 4.71. The van der Waals surface area contributed by atoms with Crippen LogP contribution in [0.25, 0.3) is 5.69 Å². The van der Waals surface area contributed by atoms with E-state index in [1.807, 2.05) is 21.8 Å². The van der Waals surface area contributed by atoms with E-state index in [0.29, 0.717) is 26.2 Å². The van der Waals surface area contributed by atoms with Gasteiger partial charge >= 0.3 is 0 Å². The van der Waals surface area contributed by atoms with Crippen molar-refractivity contribution in [2.24, 2.45) is 0 Å². The molecule has 0 aliphatic carbocycles. The van der Waals surface area contributed by atoms with E-state index in [2.05, 4.69) is 48.4 Å². The molecule has 1 saturated heterocycles. The average molecular weight is 418 g/mol. The van der Waals surface area contributed by atoms with Crippen molar-refractivity contribution in [2.45, 2.75) is 38.3 Å². The minimum Gasteiger partial charge on any atom is -0.389 e. The van der Waals surface area contributed by atoms with Crippen molar-refractivity contribution in [3.63, 3.8) is 0 Å². The number of hydrogen-bond acceptors (Lipinski definition) is 4. The standard InChI is InChI=1S/C25H27N3O3/c1-17-13-19-7-11-27(23-8-12-31-16-24(23)29)25(30)22(19)15-20(17)14-18-3-5-21(6-4-18)28-10-2-9-26-28/h2-6,9-10,13,15,23-24,29H,7-8,11-12,14,16H2,1H3/t23-,24-/m0/s1. The highest BCUT2D eigenvalue weighted by Gasteiger charge is 2.35. The van der Waals surface area contributed by atoms with E-state index in [1.54, 1.807) is 6.20 Å². The highest BCUT2D eigenvalue weighted by Crippen LogP contribution is 2.28. The normalized spacial score (nSPS) is 21.2. The smallest absolute Gasteiger partial charge is 0.254 e. The number of carbonyl (C=O) groups is 1. The van der Waals surface area contributed by atoms with Gasteiger partial charge in [-0.3, -0.25) is 4.79 Å². The van der Waals surface area contributed by atoms with Crippen LogP contribution in [0.1, 0.15) is 39.0 Å². The number of benzene rings is 2. The molecule has 160 valence electrons. The molecule has 1 fully saturated rings. The highest BCUT2D eigenvalue weighted by atomic mass is 16.5. The van der Waals surface area contributed by atoms with Crippen molar-refractivity contribution in [1.82, 2.24) is 14.7 Å². The molecule has 0 bridgehead atoms. The molecule has 6 heteroatoms. The van der Waals surface area contributed by atoms with Gasteiger partial charge in [-0.15, -0.1) is 0 Å². The Bertz CT molecular complexity index is 1080. The van der Waals surface area contributed by atoms with Crippen LogP contribution in [-0.2, 0) is 17.6 Å². The summed E-state index contributed by atoms with van der Waals surface area (Å²) in [7, 11) is 0. The summed E-state index contributed by atoms with van der Waals surface area (Å²) >= 11 is 0. The topological polar surface area (TPSA) is 67.6 Å². The van der Waals surface area contributed by atoms with Crippen molar-refractivity contribution in [2.75, 3.05) is 19.8 Å². The summed E-state index contributed by atoms with van der Waals surface area (Å²) in [5.74, 6) is 0.0301. The van der Waals surface area contributed by atoms with Gasteiger partial charge in [-0.2, -0.15) is 5.10 Å². The van der Waals surface area contributed by atoms with E-state index in [9.17, 15) is 9.90 Å². The number of aromatic nitrogens is 2. The first-order chi connectivity index (χ1) is 15.1. The van der Waals surface area contributed by atoms with Gasteiger partial charge in [0.05, 0.1) is 24.4 Å². The fraction of sp³-hybridized carbons (Fsp3) is 0.360.